The van der Waals surface area contributed by atoms with Gasteiger partial charge in [0.25, 0.3) is 5.56 Å². The first-order valence-electron chi connectivity index (χ1n) is 10.0. The lowest BCUT2D eigenvalue weighted by Gasteiger charge is -2.16. The van der Waals surface area contributed by atoms with Crippen molar-refractivity contribution < 1.29 is 21.9 Å². The highest BCUT2D eigenvalue weighted by Gasteiger charge is 2.18. The van der Waals surface area contributed by atoms with Crippen molar-refractivity contribution in [2.75, 3.05) is 10.5 Å². The smallest absolute Gasteiger partial charge is 0.259 e. The lowest BCUT2D eigenvalue weighted by atomic mass is 10.0. The molecule has 0 spiro atoms. The maximum absolute atomic E-state index is 14.3. The van der Waals surface area contributed by atoms with E-state index in [2.05, 4.69) is 4.72 Å². The second kappa shape index (κ2) is 8.36. The van der Waals surface area contributed by atoms with Gasteiger partial charge in [-0.2, -0.15) is 0 Å². The summed E-state index contributed by atoms with van der Waals surface area (Å²) >= 11 is 0. The van der Waals surface area contributed by atoms with Gasteiger partial charge in [-0.3, -0.25) is 9.52 Å². The molecule has 0 aliphatic heterocycles. The molecule has 0 bridgehead atoms. The monoisotopic (exact) mass is 473 g/mol. The second-order valence-electron chi connectivity index (χ2n) is 7.60. The highest BCUT2D eigenvalue weighted by molar-refractivity contribution is 7.92. The Kier molecular flexibility index (Phi) is 5.71. The average molecular weight is 474 g/mol. The number of halogens is 2. The molecule has 2 heterocycles. The third-order valence-electron chi connectivity index (χ3n) is 5.16. The molecule has 0 atom stereocenters. The van der Waals surface area contributed by atoms with Gasteiger partial charge < -0.3 is 13.9 Å². The topological polar surface area (TPSA) is 82.3 Å². The molecular formula is C23H21F2N3O4S. The maximum Gasteiger partial charge on any atom is 0.259 e. The number of nitrogens with zero attached hydrogens (tertiary/aromatic N) is 2. The minimum Gasteiger partial charge on any atom is -0.454 e. The number of aryl methyl sites for hydroxylation is 2. The zero-order chi connectivity index (χ0) is 23.9. The van der Waals surface area contributed by atoms with Gasteiger partial charge in [0.15, 0.2) is 11.6 Å². The van der Waals surface area contributed by atoms with E-state index in [-0.39, 0.29) is 28.5 Å². The molecule has 4 aromatic rings. The van der Waals surface area contributed by atoms with E-state index in [9.17, 15) is 22.0 Å². The molecular weight excluding hydrogens is 452 g/mol. The SMILES string of the molecule is CCS(=O)(=O)Nc1ccc(Oc2ccc(F)cc2F)c(-c2cn(C)c(=O)c3cn(C)cc23)c1. The Labute approximate surface area is 188 Å². The van der Waals surface area contributed by atoms with Crippen molar-refractivity contribution in [2.24, 2.45) is 14.1 Å². The van der Waals surface area contributed by atoms with Gasteiger partial charge >= 0.3 is 0 Å². The van der Waals surface area contributed by atoms with Crippen LogP contribution in [0, 0.1) is 11.6 Å². The van der Waals surface area contributed by atoms with E-state index >= 15 is 0 Å². The summed E-state index contributed by atoms with van der Waals surface area (Å²) in [5.41, 5.74) is 1.06. The fourth-order valence-corrected chi connectivity index (χ4v) is 4.15. The number of rotatable bonds is 6. The molecule has 4 rings (SSSR count). The molecule has 7 nitrogen and oxygen atoms in total. The molecule has 1 N–H and O–H groups in total. The van der Waals surface area contributed by atoms with Crippen LogP contribution in [0.4, 0.5) is 14.5 Å². The van der Waals surface area contributed by atoms with Crippen molar-refractivity contribution >= 4 is 26.5 Å². The number of nitrogens with one attached hydrogen (secondary N) is 1. The summed E-state index contributed by atoms with van der Waals surface area (Å²) < 4.78 is 63.2. The minimum absolute atomic E-state index is 0.121. The average Bonchev–Trinajstić information content (AvgIpc) is 3.15. The van der Waals surface area contributed by atoms with Crippen LogP contribution in [0.1, 0.15) is 6.92 Å². The summed E-state index contributed by atoms with van der Waals surface area (Å²) in [6.45, 7) is 1.51. The molecule has 2 aromatic carbocycles. The molecule has 0 amide bonds. The van der Waals surface area contributed by atoms with Crippen molar-refractivity contribution in [3.05, 3.63) is 77.0 Å². The summed E-state index contributed by atoms with van der Waals surface area (Å²) in [4.78, 5) is 12.6. The largest absolute Gasteiger partial charge is 0.454 e. The van der Waals surface area contributed by atoms with Crippen molar-refractivity contribution in [3.63, 3.8) is 0 Å². The highest BCUT2D eigenvalue weighted by atomic mass is 32.2. The number of fused-ring (bicyclic) bond motifs is 1. The Morgan fingerprint density at radius 1 is 0.939 bits per heavy atom. The molecule has 10 heteroatoms. The molecule has 172 valence electrons. The normalized spacial score (nSPS) is 11.7. The molecule has 0 saturated heterocycles. The van der Waals surface area contributed by atoms with E-state index in [1.54, 1.807) is 43.3 Å². The van der Waals surface area contributed by atoms with Crippen LogP contribution in [-0.2, 0) is 24.1 Å². The summed E-state index contributed by atoms with van der Waals surface area (Å²) in [5.74, 6) is -1.75. The molecule has 0 unspecified atom stereocenters. The van der Waals surface area contributed by atoms with E-state index in [1.165, 1.54) is 29.7 Å². The van der Waals surface area contributed by atoms with Crippen LogP contribution in [0.2, 0.25) is 0 Å². The first-order chi connectivity index (χ1) is 15.6. The predicted molar refractivity (Wildman–Crippen MR) is 123 cm³/mol. The van der Waals surface area contributed by atoms with Crippen LogP contribution < -0.4 is 15.0 Å². The number of anilines is 1. The third-order valence-corrected chi connectivity index (χ3v) is 6.46. The van der Waals surface area contributed by atoms with Crippen LogP contribution in [0.25, 0.3) is 21.9 Å². The summed E-state index contributed by atoms with van der Waals surface area (Å²) in [6.07, 6.45) is 5.05. The molecule has 0 fully saturated rings. The van der Waals surface area contributed by atoms with Crippen molar-refractivity contribution in [1.82, 2.24) is 9.13 Å². The molecule has 0 saturated carbocycles. The van der Waals surface area contributed by atoms with E-state index in [4.69, 9.17) is 4.74 Å². The third kappa shape index (κ3) is 4.47. The fraction of sp³-hybridized carbons (Fsp3) is 0.174. The van der Waals surface area contributed by atoms with Gasteiger partial charge in [0, 0.05) is 61.0 Å². The number of benzene rings is 2. The molecule has 0 radical (unpaired) electrons. The molecule has 2 aromatic heterocycles. The van der Waals surface area contributed by atoms with Crippen molar-refractivity contribution in [1.29, 1.82) is 0 Å². The van der Waals surface area contributed by atoms with Crippen LogP contribution >= 0.6 is 0 Å². The van der Waals surface area contributed by atoms with E-state index in [0.29, 0.717) is 28.0 Å². The van der Waals surface area contributed by atoms with E-state index in [0.717, 1.165) is 6.07 Å². The van der Waals surface area contributed by atoms with Crippen LogP contribution in [0.5, 0.6) is 11.5 Å². The van der Waals surface area contributed by atoms with Crippen LogP contribution in [-0.4, -0.2) is 23.3 Å². The Hall–Kier alpha value is -3.66. The highest BCUT2D eigenvalue weighted by Crippen LogP contribution is 2.39. The van der Waals surface area contributed by atoms with Gasteiger partial charge in [-0.05, 0) is 37.3 Å². The molecule has 0 aliphatic rings. The van der Waals surface area contributed by atoms with Crippen molar-refractivity contribution in [2.45, 2.75) is 6.92 Å². The molecule has 33 heavy (non-hydrogen) atoms. The predicted octanol–water partition coefficient (Wildman–Crippen LogP) is 4.38. The minimum atomic E-state index is -3.56. The van der Waals surface area contributed by atoms with Crippen molar-refractivity contribution in [3.8, 4) is 22.6 Å². The quantitative estimate of drug-likeness (QED) is 0.451. The van der Waals surface area contributed by atoms with Gasteiger partial charge in [0.2, 0.25) is 10.0 Å². The zero-order valence-corrected chi connectivity index (χ0v) is 18.9. The number of pyridine rings is 1. The summed E-state index contributed by atoms with van der Waals surface area (Å²) in [7, 11) is -0.182. The van der Waals surface area contributed by atoms with Gasteiger partial charge in [-0.25, -0.2) is 17.2 Å². The Morgan fingerprint density at radius 2 is 1.64 bits per heavy atom. The fourth-order valence-electron chi connectivity index (χ4n) is 3.52. The van der Waals surface area contributed by atoms with Crippen LogP contribution in [0.3, 0.4) is 0 Å². The van der Waals surface area contributed by atoms with Gasteiger partial charge in [-0.15, -0.1) is 0 Å². The lowest BCUT2D eigenvalue weighted by Crippen LogP contribution is -2.16. The number of ether oxygens (including phenoxy) is 1. The first-order valence-corrected chi connectivity index (χ1v) is 11.7. The number of hydrogen-bond donors (Lipinski definition) is 1. The zero-order valence-electron chi connectivity index (χ0n) is 18.1. The Balaban J connectivity index is 1.95. The van der Waals surface area contributed by atoms with E-state index < -0.39 is 21.7 Å². The van der Waals surface area contributed by atoms with Crippen LogP contribution in [0.15, 0.2) is 59.8 Å². The lowest BCUT2D eigenvalue weighted by molar-refractivity contribution is 0.439. The first kappa shape index (κ1) is 22.5. The van der Waals surface area contributed by atoms with Gasteiger partial charge in [0.05, 0.1) is 11.1 Å². The standard InChI is InChI=1S/C23H21F2N3O4S/c1-4-33(30,31)26-15-6-8-21(32-22-7-5-14(24)9-20(22)25)16(10-15)18-13-28(3)23(29)19-12-27(2)11-17(18)19/h5-13,26H,4H2,1-3H3. The Morgan fingerprint density at radius 3 is 2.33 bits per heavy atom. The second-order valence-corrected chi connectivity index (χ2v) is 9.61. The van der Waals surface area contributed by atoms with E-state index in [1.807, 2.05) is 0 Å². The molecule has 0 aliphatic carbocycles. The van der Waals surface area contributed by atoms with Gasteiger partial charge in [-0.1, -0.05) is 0 Å². The number of hydrogen-bond acceptors (Lipinski definition) is 4. The van der Waals surface area contributed by atoms with Gasteiger partial charge in [0.1, 0.15) is 11.6 Å². The Bertz CT molecular complexity index is 1540. The maximum atomic E-state index is 14.3. The number of sulfonamides is 1. The summed E-state index contributed by atoms with van der Waals surface area (Å²) in [5, 5.41) is 1.07. The number of aromatic nitrogens is 2. The summed E-state index contributed by atoms with van der Waals surface area (Å²) in [6, 6.07) is 7.48.